The smallest absolute Gasteiger partial charge is 0.0542 e. The Hall–Kier alpha value is -17.6. The second-order valence-corrected chi connectivity index (χ2v) is 33.1. The molecule has 3 aromatic heterocycles. The number of benzene rings is 21. The van der Waals surface area contributed by atoms with E-state index in [1.54, 1.807) is 0 Å². The first kappa shape index (κ1) is 80.3. The van der Waals surface area contributed by atoms with Crippen LogP contribution in [0.1, 0.15) is 0 Å². The van der Waals surface area contributed by atoms with E-state index in [-0.39, 0.29) is 0 Å². The van der Waals surface area contributed by atoms with Gasteiger partial charge in [0.25, 0.3) is 0 Å². The van der Waals surface area contributed by atoms with Gasteiger partial charge in [0.05, 0.1) is 38.8 Å². The molecule has 21 aromatic carbocycles. The van der Waals surface area contributed by atoms with Gasteiger partial charge in [-0.05, 0) is 237 Å². The molecule has 0 atom stereocenters. The summed E-state index contributed by atoms with van der Waals surface area (Å²) >= 11 is 0. The van der Waals surface area contributed by atoms with E-state index < -0.39 is 0 Å². The second-order valence-electron chi connectivity index (χ2n) is 33.1. The van der Waals surface area contributed by atoms with Gasteiger partial charge < -0.3 is 28.4 Å². The Bertz CT molecular complexity index is 8110. The van der Waals surface area contributed by atoms with Crippen molar-refractivity contribution in [1.29, 1.82) is 0 Å². The van der Waals surface area contributed by atoms with Crippen molar-refractivity contribution in [3.05, 3.63) is 546 Å². The SMILES string of the molecule is c1ccc(-c2ccc(N(c3ccccc3)c3ccc4c(c3)c3ccccc3n4-c3ccc(-c4ccccc4)cc3)cc2)cc1.c1ccc(-c2ccc(N(c3ccccc3)c3ccc4c(c3)c3ccccc3n4-c3cccc(-c4ccccc4)c3)cc2)cc1.c1ccc(-c2ccc(N(c3ccccc3)c3ccc4c(c3)c3ccccc3n4-c3ccccc3-c3ccccc3)cc2)cc1. The molecule has 0 spiro atoms. The molecule has 0 saturated carbocycles. The summed E-state index contributed by atoms with van der Waals surface area (Å²) in [6.45, 7) is 0. The van der Waals surface area contributed by atoms with Gasteiger partial charge in [-0.15, -0.1) is 0 Å². The van der Waals surface area contributed by atoms with Gasteiger partial charge in [0.15, 0.2) is 0 Å². The molecule has 132 heavy (non-hydrogen) atoms. The predicted octanol–water partition coefficient (Wildman–Crippen LogP) is 34.8. The van der Waals surface area contributed by atoms with Crippen LogP contribution in [-0.2, 0) is 0 Å². The summed E-state index contributed by atoms with van der Waals surface area (Å²) in [5.41, 5.74) is 35.3. The van der Waals surface area contributed by atoms with Crippen LogP contribution in [0.2, 0.25) is 0 Å². The zero-order valence-corrected chi connectivity index (χ0v) is 72.6. The van der Waals surface area contributed by atoms with E-state index in [0.717, 1.165) is 62.6 Å². The number of aromatic nitrogens is 3. The van der Waals surface area contributed by atoms with Crippen molar-refractivity contribution in [3.63, 3.8) is 0 Å². The Morgan fingerprint density at radius 2 is 0.356 bits per heavy atom. The molecule has 0 radical (unpaired) electrons. The molecule has 0 fully saturated rings. The fourth-order valence-electron chi connectivity index (χ4n) is 18.9. The number of fused-ring (bicyclic) bond motifs is 9. The molecule has 0 aliphatic rings. The number of nitrogens with zero attached hydrogens (tertiary/aromatic N) is 6. The maximum absolute atomic E-state index is 2.41. The van der Waals surface area contributed by atoms with Crippen molar-refractivity contribution < 1.29 is 0 Å². The Morgan fingerprint density at radius 1 is 0.121 bits per heavy atom. The zero-order valence-electron chi connectivity index (χ0n) is 72.6. The lowest BCUT2D eigenvalue weighted by molar-refractivity contribution is 1.18. The average Bonchev–Trinajstić information content (AvgIpc) is 0.942. The van der Waals surface area contributed by atoms with Crippen LogP contribution >= 0.6 is 0 Å². The lowest BCUT2D eigenvalue weighted by atomic mass is 10.0. The predicted molar refractivity (Wildman–Crippen MR) is 559 cm³/mol. The summed E-state index contributed by atoms with van der Waals surface area (Å²) in [7, 11) is 0. The average molecular weight is 1690 g/mol. The summed E-state index contributed by atoms with van der Waals surface area (Å²) < 4.78 is 7.19. The van der Waals surface area contributed by atoms with Gasteiger partial charge in [-0.25, -0.2) is 0 Å². The van der Waals surface area contributed by atoms with E-state index in [1.165, 1.54) is 138 Å². The van der Waals surface area contributed by atoms with E-state index in [0.29, 0.717) is 0 Å². The molecule has 0 unspecified atom stereocenters. The number of hydrogen-bond acceptors (Lipinski definition) is 3. The van der Waals surface area contributed by atoms with Crippen LogP contribution in [0.15, 0.2) is 546 Å². The van der Waals surface area contributed by atoms with E-state index in [9.17, 15) is 0 Å². The van der Waals surface area contributed by atoms with Crippen LogP contribution in [0.3, 0.4) is 0 Å². The van der Waals surface area contributed by atoms with Crippen molar-refractivity contribution in [1.82, 2.24) is 13.7 Å². The van der Waals surface area contributed by atoms with Crippen LogP contribution in [0.5, 0.6) is 0 Å². The van der Waals surface area contributed by atoms with Gasteiger partial charge in [-0.2, -0.15) is 0 Å². The second kappa shape index (κ2) is 36.4. The minimum atomic E-state index is 1.12. The molecule has 24 rings (SSSR count). The third-order valence-electron chi connectivity index (χ3n) is 25.2. The molecule has 0 amide bonds. The van der Waals surface area contributed by atoms with Crippen LogP contribution < -0.4 is 14.7 Å². The van der Waals surface area contributed by atoms with E-state index >= 15 is 0 Å². The standard InChI is InChI=1S/3C42H30N2/c1-4-14-31(15-5-1)32-24-26-35(27-25-32)43(34-18-8-3-9-19-34)36-28-29-42-39(30-36)38-21-11-13-23-41(38)44(42)40-22-12-10-20-37(40)33-16-6-2-7-17-33;1-4-13-31(14-5-1)33-23-25-36(26-24-33)43(35-18-8-3-9-19-35)38-27-28-42-40(30-38)39-21-10-11-22-41(39)44(42)37-20-12-17-34(29-37)32-15-6-2-7-16-32;1-4-12-31(13-5-1)33-20-24-36(25-21-33)43(35-16-8-3-9-17-35)38-28-29-42-40(30-38)39-18-10-11-19-41(39)44(42)37-26-22-34(23-27-37)32-14-6-2-7-15-32/h3*1-30H. The lowest BCUT2D eigenvalue weighted by Gasteiger charge is -2.26. The summed E-state index contributed by atoms with van der Waals surface area (Å²) in [5, 5.41) is 7.39. The van der Waals surface area contributed by atoms with Crippen LogP contribution in [0, 0.1) is 0 Å². The molecule has 6 heteroatoms. The fourth-order valence-corrected chi connectivity index (χ4v) is 18.9. The molecule has 0 aliphatic carbocycles. The van der Waals surface area contributed by atoms with Crippen molar-refractivity contribution in [2.24, 2.45) is 0 Å². The maximum atomic E-state index is 2.41. The van der Waals surface area contributed by atoms with Crippen molar-refractivity contribution >= 4 is 117 Å². The zero-order chi connectivity index (χ0) is 87.9. The first-order chi connectivity index (χ1) is 65.5. The molecule has 3 heterocycles. The molecule has 0 N–H and O–H groups in total. The highest BCUT2D eigenvalue weighted by Gasteiger charge is 2.24. The Morgan fingerprint density at radius 3 is 0.712 bits per heavy atom. The molecule has 624 valence electrons. The van der Waals surface area contributed by atoms with Gasteiger partial charge >= 0.3 is 0 Å². The van der Waals surface area contributed by atoms with Gasteiger partial charge in [-0.3, -0.25) is 0 Å². The van der Waals surface area contributed by atoms with E-state index in [4.69, 9.17) is 0 Å². The van der Waals surface area contributed by atoms with Gasteiger partial charge in [0.2, 0.25) is 0 Å². The van der Waals surface area contributed by atoms with E-state index in [2.05, 4.69) is 574 Å². The first-order valence-corrected chi connectivity index (χ1v) is 45.1. The molecule has 6 nitrogen and oxygen atoms in total. The first-order valence-electron chi connectivity index (χ1n) is 45.1. The van der Waals surface area contributed by atoms with Crippen molar-refractivity contribution in [2.45, 2.75) is 0 Å². The van der Waals surface area contributed by atoms with Crippen LogP contribution in [-0.4, -0.2) is 13.7 Å². The lowest BCUT2D eigenvalue weighted by Crippen LogP contribution is -2.09. The highest BCUT2D eigenvalue weighted by molar-refractivity contribution is 6.14. The Balaban J connectivity index is 0.000000116. The van der Waals surface area contributed by atoms with Crippen LogP contribution in [0.4, 0.5) is 51.2 Å². The molecular weight excluding hydrogens is 1600 g/mol. The quantitative estimate of drug-likeness (QED) is 0.0856. The molecule has 0 saturated heterocycles. The topological polar surface area (TPSA) is 24.5 Å². The van der Waals surface area contributed by atoms with Gasteiger partial charge in [0, 0.05) is 100 Å². The number of rotatable bonds is 18. The van der Waals surface area contributed by atoms with E-state index in [1.807, 2.05) is 0 Å². The Labute approximate surface area is 769 Å². The highest BCUT2D eigenvalue weighted by atomic mass is 15.2. The fraction of sp³-hybridized carbons (Fsp3) is 0. The molecule has 0 aliphatic heterocycles. The van der Waals surface area contributed by atoms with Gasteiger partial charge in [-0.1, -0.05) is 370 Å². The maximum Gasteiger partial charge on any atom is 0.0542 e. The monoisotopic (exact) mass is 1690 g/mol. The molecule has 24 aromatic rings. The normalized spacial score (nSPS) is 11.2. The Kier molecular flexibility index (Phi) is 22.1. The minimum Gasteiger partial charge on any atom is -0.310 e. The van der Waals surface area contributed by atoms with Crippen molar-refractivity contribution in [3.8, 4) is 83.8 Å². The van der Waals surface area contributed by atoms with Crippen molar-refractivity contribution in [2.75, 3.05) is 14.7 Å². The number of anilines is 9. The number of para-hydroxylation sites is 7. The summed E-state index contributed by atoms with van der Waals surface area (Å²) in [4.78, 5) is 7.03. The third-order valence-corrected chi connectivity index (χ3v) is 25.2. The minimum absolute atomic E-state index is 1.12. The largest absolute Gasteiger partial charge is 0.310 e. The van der Waals surface area contributed by atoms with Gasteiger partial charge in [0.1, 0.15) is 0 Å². The summed E-state index contributed by atoms with van der Waals surface area (Å²) in [6, 6.07) is 195. The third kappa shape index (κ3) is 16.0. The molecule has 0 bridgehead atoms. The summed E-state index contributed by atoms with van der Waals surface area (Å²) in [5.74, 6) is 0. The summed E-state index contributed by atoms with van der Waals surface area (Å²) in [6.07, 6.45) is 0. The molecular formula is C126H90N6. The number of hydrogen-bond donors (Lipinski definition) is 0. The van der Waals surface area contributed by atoms with Crippen LogP contribution in [0.25, 0.3) is 149 Å². The highest BCUT2D eigenvalue weighted by Crippen LogP contribution is 2.47.